The molecule has 3 aliphatic rings. The van der Waals surface area contributed by atoms with Gasteiger partial charge in [-0.05, 0) is 79.5 Å². The Balaban J connectivity index is 0.704. The van der Waals surface area contributed by atoms with Gasteiger partial charge in [0.2, 0.25) is 17.7 Å². The zero-order chi connectivity index (χ0) is 52.7. The molecular formula is C53H67F2N9O10S. The summed E-state index contributed by atoms with van der Waals surface area (Å²) in [4.78, 5) is 65.9. The fraction of sp³-hybridized carbons (Fsp3) is 0.547. The van der Waals surface area contributed by atoms with Crippen LogP contribution in [0.5, 0.6) is 11.6 Å². The second kappa shape index (κ2) is 27.0. The third kappa shape index (κ3) is 14.4. The van der Waals surface area contributed by atoms with Crippen LogP contribution in [0.2, 0.25) is 0 Å². The van der Waals surface area contributed by atoms with E-state index in [0.29, 0.717) is 45.5 Å². The number of hydrogen-bond acceptors (Lipinski definition) is 15. The summed E-state index contributed by atoms with van der Waals surface area (Å²) in [6.07, 6.45) is 13.8. The number of likely N-dealkylation sites (tertiary alicyclic amines) is 1. The fourth-order valence-electron chi connectivity index (χ4n) is 9.80. The Kier molecular flexibility index (Phi) is 19.8. The van der Waals surface area contributed by atoms with Crippen molar-refractivity contribution in [3.05, 3.63) is 71.1 Å². The van der Waals surface area contributed by atoms with Gasteiger partial charge in [-0.15, -0.1) is 17.8 Å². The van der Waals surface area contributed by atoms with Crippen molar-refractivity contribution in [2.75, 3.05) is 106 Å². The van der Waals surface area contributed by atoms with Gasteiger partial charge in [0.05, 0.1) is 61.9 Å². The molecule has 0 unspecified atom stereocenters. The molecule has 0 spiro atoms. The van der Waals surface area contributed by atoms with E-state index >= 15 is 4.39 Å². The third-order valence-electron chi connectivity index (χ3n) is 14.0. The van der Waals surface area contributed by atoms with Gasteiger partial charge in [0.1, 0.15) is 48.6 Å². The van der Waals surface area contributed by atoms with Crippen LogP contribution in [0, 0.1) is 29.9 Å². The molecule has 1 aliphatic carbocycles. The molecule has 19 nitrogen and oxygen atoms in total. The first-order chi connectivity index (χ1) is 36.5. The van der Waals surface area contributed by atoms with Gasteiger partial charge in [0, 0.05) is 70.5 Å². The van der Waals surface area contributed by atoms with Crippen LogP contribution < -0.4 is 20.1 Å². The van der Waals surface area contributed by atoms with Gasteiger partial charge in [-0.3, -0.25) is 34.4 Å². The average molecular weight is 1060 g/mol. The van der Waals surface area contributed by atoms with Crippen LogP contribution in [0.1, 0.15) is 61.2 Å². The lowest BCUT2D eigenvalue weighted by Gasteiger charge is -2.39. The zero-order valence-corrected chi connectivity index (χ0v) is 43.5. The molecule has 2 aliphatic heterocycles. The van der Waals surface area contributed by atoms with Crippen LogP contribution in [-0.2, 0) is 41.7 Å². The number of ether oxygens (including phenoxy) is 5. The van der Waals surface area contributed by atoms with E-state index in [1.165, 1.54) is 20.4 Å². The molecule has 4 amide bonds. The molecule has 22 heteroatoms. The van der Waals surface area contributed by atoms with Crippen LogP contribution in [0.4, 0.5) is 8.78 Å². The summed E-state index contributed by atoms with van der Waals surface area (Å²) < 4.78 is 67.5. The molecule has 8 rings (SSSR count). The maximum absolute atomic E-state index is 16.2. The van der Waals surface area contributed by atoms with E-state index in [-0.39, 0.29) is 80.5 Å². The SMILES string of the molecule is C#C[C@H](NC)C(=O)N[C@H](C(=O)N1CCN(C(=O)c2c(F)c3cc(F)ccc3n2CC(=O)N(C)CCOCCOCCOCCOc2cc(CN3CCC(Oc4ccnc5ccsc45)CC3)on2)CC1)C1CCCCC1. The Morgan fingerprint density at radius 3 is 2.32 bits per heavy atom. The van der Waals surface area contributed by atoms with E-state index in [4.69, 9.17) is 34.6 Å². The monoisotopic (exact) mass is 1060 g/mol. The Bertz CT molecular complexity index is 2740. The summed E-state index contributed by atoms with van der Waals surface area (Å²) >= 11 is 1.64. The van der Waals surface area contributed by atoms with Crippen molar-refractivity contribution in [2.24, 2.45) is 5.92 Å². The summed E-state index contributed by atoms with van der Waals surface area (Å²) in [7, 11) is 3.15. The summed E-state index contributed by atoms with van der Waals surface area (Å²) in [6.45, 7) is 4.69. The number of pyridine rings is 1. The molecule has 1 saturated carbocycles. The van der Waals surface area contributed by atoms with Crippen molar-refractivity contribution < 1.29 is 56.2 Å². The minimum Gasteiger partial charge on any atom is -0.489 e. The number of rotatable bonds is 25. The Morgan fingerprint density at radius 1 is 0.893 bits per heavy atom. The predicted molar refractivity (Wildman–Crippen MR) is 275 cm³/mol. The van der Waals surface area contributed by atoms with Gasteiger partial charge in [-0.2, -0.15) is 0 Å². The highest BCUT2D eigenvalue weighted by Crippen LogP contribution is 2.32. The zero-order valence-electron chi connectivity index (χ0n) is 42.6. The number of fused-ring (bicyclic) bond motifs is 2. The van der Waals surface area contributed by atoms with Gasteiger partial charge in [-0.1, -0.05) is 25.2 Å². The number of thiophene rings is 1. The normalized spacial score (nSPS) is 16.7. The Labute approximate surface area is 439 Å². The number of likely N-dealkylation sites (N-methyl/N-ethyl adjacent to an activating group) is 2. The predicted octanol–water partition coefficient (Wildman–Crippen LogP) is 4.72. The smallest absolute Gasteiger partial charge is 0.273 e. The number of piperidine rings is 1. The molecule has 2 atom stereocenters. The molecule has 0 radical (unpaired) electrons. The van der Waals surface area contributed by atoms with Gasteiger partial charge in [0.25, 0.3) is 11.8 Å². The number of carbonyl (C=O) groups is 4. The highest BCUT2D eigenvalue weighted by Gasteiger charge is 2.38. The first kappa shape index (κ1) is 55.0. The molecule has 5 aromatic rings. The molecule has 2 N–H and O–H groups in total. The van der Waals surface area contributed by atoms with Gasteiger partial charge in [-0.25, -0.2) is 8.78 Å². The van der Waals surface area contributed by atoms with Crippen molar-refractivity contribution in [3.63, 3.8) is 0 Å². The van der Waals surface area contributed by atoms with E-state index in [9.17, 15) is 23.6 Å². The summed E-state index contributed by atoms with van der Waals surface area (Å²) in [5, 5.41) is 11.6. The number of terminal acetylenes is 1. The van der Waals surface area contributed by atoms with Crippen molar-refractivity contribution in [3.8, 4) is 24.0 Å². The van der Waals surface area contributed by atoms with Gasteiger partial charge >= 0.3 is 0 Å². The first-order valence-electron chi connectivity index (χ1n) is 25.8. The lowest BCUT2D eigenvalue weighted by Crippen LogP contribution is -2.59. The molecule has 1 aromatic carbocycles. The molecular weight excluding hydrogens is 993 g/mol. The van der Waals surface area contributed by atoms with Crippen LogP contribution >= 0.6 is 11.3 Å². The minimum absolute atomic E-state index is 0.0612. The van der Waals surface area contributed by atoms with Crippen LogP contribution in [0.15, 0.2) is 52.5 Å². The summed E-state index contributed by atoms with van der Waals surface area (Å²) in [6, 6.07) is 7.56. The molecule has 0 bridgehead atoms. The second-order valence-electron chi connectivity index (χ2n) is 19.0. The van der Waals surface area contributed by atoms with Crippen LogP contribution in [0.25, 0.3) is 21.1 Å². The standard InChI is InChI=1S/C53H67F2N9O10S/c1-4-41(56-2)51(66)58-48(36-8-6-5-7-9-36)52(67)62-19-21-63(22-20-62)53(68)49-47(55)40-32-37(54)10-11-43(40)64(49)35-46(65)60(3)23-24-69-25-26-70-27-28-71-29-30-72-45-33-39(74-59-45)34-61-17-13-38(14-18-61)73-44-12-16-57-42-15-31-75-50(42)44/h1,10-12,15-16,31-33,36,38,41,48,56H,5-9,13-14,17-30,34-35H2,2-3H3,(H,58,66)/t41-,48-/m0/s1. The number of piperazine rings is 1. The third-order valence-corrected chi connectivity index (χ3v) is 14.9. The highest BCUT2D eigenvalue weighted by atomic mass is 32.1. The first-order valence-corrected chi connectivity index (χ1v) is 26.6. The number of benzene rings is 1. The maximum Gasteiger partial charge on any atom is 0.273 e. The van der Waals surface area contributed by atoms with E-state index in [2.05, 4.69) is 31.6 Å². The molecule has 6 heterocycles. The minimum atomic E-state index is -0.939. The summed E-state index contributed by atoms with van der Waals surface area (Å²) in [5.41, 5.74) is 0.771. The second-order valence-corrected chi connectivity index (χ2v) is 19.9. The van der Waals surface area contributed by atoms with Crippen molar-refractivity contribution in [1.82, 2.24) is 44.9 Å². The van der Waals surface area contributed by atoms with Crippen molar-refractivity contribution in [1.29, 1.82) is 0 Å². The van der Waals surface area contributed by atoms with Gasteiger partial charge in [0.15, 0.2) is 11.6 Å². The quantitative estimate of drug-likeness (QED) is 0.0602. The van der Waals surface area contributed by atoms with Gasteiger partial charge < -0.3 is 52.8 Å². The Morgan fingerprint density at radius 2 is 1.60 bits per heavy atom. The number of aromatic nitrogens is 3. The topological polar surface area (TPSA) is 195 Å². The van der Waals surface area contributed by atoms with E-state index in [1.807, 2.05) is 17.5 Å². The van der Waals surface area contributed by atoms with Crippen LogP contribution in [-0.4, -0.2) is 182 Å². The van der Waals surface area contributed by atoms with E-state index < -0.39 is 48.0 Å². The fourth-order valence-corrected chi connectivity index (χ4v) is 10.6. The Hall–Kier alpha value is -6.22. The van der Waals surface area contributed by atoms with Crippen LogP contribution in [0.3, 0.4) is 0 Å². The number of nitrogens with zero attached hydrogens (tertiary/aromatic N) is 7. The molecule has 3 fully saturated rings. The lowest BCUT2D eigenvalue weighted by molar-refractivity contribution is -0.139. The number of nitrogens with one attached hydrogen (secondary N) is 2. The molecule has 404 valence electrons. The van der Waals surface area contributed by atoms with E-state index in [1.54, 1.807) is 42.6 Å². The highest BCUT2D eigenvalue weighted by molar-refractivity contribution is 7.17. The number of amides is 4. The van der Waals surface area contributed by atoms with Crippen molar-refractivity contribution >= 4 is 56.1 Å². The number of hydrogen-bond donors (Lipinski definition) is 2. The molecule has 2 saturated heterocycles. The maximum atomic E-state index is 16.2. The molecule has 75 heavy (non-hydrogen) atoms. The molecule has 4 aromatic heterocycles. The largest absolute Gasteiger partial charge is 0.489 e. The average Bonchev–Trinajstić information content (AvgIpc) is 4.17. The van der Waals surface area contributed by atoms with E-state index in [0.717, 1.165) is 91.9 Å². The van der Waals surface area contributed by atoms with Crippen molar-refractivity contribution in [2.45, 2.75) is 76.2 Å². The lowest BCUT2D eigenvalue weighted by atomic mass is 9.83. The number of halogens is 2. The number of carbonyl (C=O) groups excluding carboxylic acids is 4. The summed E-state index contributed by atoms with van der Waals surface area (Å²) in [5.74, 6) is 0.900.